The van der Waals surface area contributed by atoms with E-state index < -0.39 is 30.4 Å². The van der Waals surface area contributed by atoms with Gasteiger partial charge < -0.3 is 0 Å². The van der Waals surface area contributed by atoms with Gasteiger partial charge in [0.15, 0.2) is 23.3 Å². The summed E-state index contributed by atoms with van der Waals surface area (Å²) in [5.41, 5.74) is 0. The smallest absolute Gasteiger partial charge is 0.196 e. The van der Waals surface area contributed by atoms with Crippen LogP contribution in [-0.2, 0) is 0 Å². The van der Waals surface area contributed by atoms with Crippen molar-refractivity contribution in [3.05, 3.63) is 55.2 Å². The minimum atomic E-state index is -1.63. The van der Waals surface area contributed by atoms with Crippen LogP contribution >= 0.6 is 45.2 Å². The first-order chi connectivity index (χ1) is 8.46. The van der Waals surface area contributed by atoms with Crippen LogP contribution in [0.3, 0.4) is 0 Å². The molecule has 0 unspecified atom stereocenters. The third-order valence-electron chi connectivity index (χ3n) is 1.63. The summed E-state index contributed by atoms with van der Waals surface area (Å²) in [6, 6.07) is 0. The van der Waals surface area contributed by atoms with Gasteiger partial charge in [0, 0.05) is 24.8 Å². The van der Waals surface area contributed by atoms with Crippen LogP contribution in [0.2, 0.25) is 0 Å². The average Bonchev–Trinajstić information content (AvgIpc) is 2.43. The summed E-state index contributed by atoms with van der Waals surface area (Å²) in [7, 11) is 0. The Morgan fingerprint density at radius 2 is 0.944 bits per heavy atom. The van der Waals surface area contributed by atoms with Gasteiger partial charge in [0.25, 0.3) is 0 Å². The van der Waals surface area contributed by atoms with Crippen molar-refractivity contribution >= 4 is 45.2 Å². The molecule has 0 radical (unpaired) electrons. The maximum Gasteiger partial charge on any atom is 0.196 e. The van der Waals surface area contributed by atoms with Crippen molar-refractivity contribution < 1.29 is 17.6 Å². The number of benzene rings is 1. The van der Waals surface area contributed by atoms with Crippen LogP contribution < -0.4 is 0 Å². The van der Waals surface area contributed by atoms with E-state index in [0.29, 0.717) is 0 Å². The largest absolute Gasteiger partial charge is 0.262 e. The number of halogens is 6. The average molecular weight is 482 g/mol. The maximum absolute atomic E-state index is 12.8. The molecule has 0 bridgehead atoms. The zero-order chi connectivity index (χ0) is 13.7. The molecule has 0 saturated carbocycles. The minimum Gasteiger partial charge on any atom is -0.262 e. The first-order valence-corrected chi connectivity index (χ1v) is 6.49. The zero-order valence-corrected chi connectivity index (χ0v) is 12.8. The second-order valence-electron chi connectivity index (χ2n) is 2.78. The molecule has 0 saturated heterocycles. The first-order valence-electron chi connectivity index (χ1n) is 4.33. The summed E-state index contributed by atoms with van der Waals surface area (Å²) in [6.07, 6.45) is 6.56. The van der Waals surface area contributed by atoms with Gasteiger partial charge in [-0.1, -0.05) is 0 Å². The van der Waals surface area contributed by atoms with Crippen LogP contribution in [0.5, 0.6) is 0 Å². The Labute approximate surface area is 127 Å². The van der Waals surface area contributed by atoms with E-state index in [1.54, 1.807) is 24.8 Å². The normalized spacial score (nSPS) is 9.67. The van der Waals surface area contributed by atoms with Gasteiger partial charge in [-0.3, -0.25) is 9.97 Å². The molecule has 2 nitrogen and oxygen atoms in total. The second-order valence-corrected chi connectivity index (χ2v) is 4.94. The molecular weight excluding hydrogens is 478 g/mol. The van der Waals surface area contributed by atoms with E-state index in [1.807, 2.05) is 0 Å². The molecule has 0 fully saturated rings. The molecule has 0 atom stereocenters. The summed E-state index contributed by atoms with van der Waals surface area (Å²) in [6.45, 7) is 0. The molecule has 1 aromatic heterocycles. The number of rotatable bonds is 0. The Kier molecular flexibility index (Phi) is 6.18. The highest BCUT2D eigenvalue weighted by molar-refractivity contribution is 14.1. The summed E-state index contributed by atoms with van der Waals surface area (Å²) >= 11 is 2.55. The highest BCUT2D eigenvalue weighted by atomic mass is 127. The van der Waals surface area contributed by atoms with Gasteiger partial charge in [-0.2, -0.15) is 0 Å². The minimum absolute atomic E-state index is 0.532. The number of hydrogen-bond donors (Lipinski definition) is 0. The summed E-state index contributed by atoms with van der Waals surface area (Å²) < 4.78 is 49.3. The Balaban J connectivity index is 0.000000225. The Hall–Kier alpha value is -0.520. The van der Waals surface area contributed by atoms with Crippen LogP contribution in [0.15, 0.2) is 24.8 Å². The molecular formula is C10H4F4I2N2. The van der Waals surface area contributed by atoms with E-state index in [2.05, 4.69) is 9.97 Å². The molecule has 0 aliphatic heterocycles. The number of nitrogens with zero attached hydrogens (tertiary/aromatic N) is 2. The number of hydrogen-bond acceptors (Lipinski definition) is 2. The van der Waals surface area contributed by atoms with Gasteiger partial charge in [0.2, 0.25) is 0 Å². The van der Waals surface area contributed by atoms with Crippen molar-refractivity contribution in [2.45, 2.75) is 0 Å². The molecule has 96 valence electrons. The van der Waals surface area contributed by atoms with Crippen molar-refractivity contribution in [1.29, 1.82) is 0 Å². The highest BCUT2D eigenvalue weighted by Gasteiger charge is 2.21. The lowest BCUT2D eigenvalue weighted by Gasteiger charge is -2.02. The SMILES string of the molecule is Fc1c(F)c(I)c(F)c(I)c1F.c1cnccn1. The van der Waals surface area contributed by atoms with Crippen molar-refractivity contribution in [2.75, 3.05) is 0 Å². The molecule has 0 aliphatic carbocycles. The standard InChI is InChI=1S/C6F4I2.C4H4N2/c7-1-2(8)5(11)4(10)6(12)3(1)9;1-2-6-4-3-5-1/h;1-4H. The van der Waals surface area contributed by atoms with Crippen LogP contribution in [0.1, 0.15) is 0 Å². The molecule has 2 aromatic rings. The maximum atomic E-state index is 12.8. The summed E-state index contributed by atoms with van der Waals surface area (Å²) in [4.78, 5) is 7.44. The van der Waals surface area contributed by atoms with Gasteiger partial charge in [0.1, 0.15) is 0 Å². The summed E-state index contributed by atoms with van der Waals surface area (Å²) in [5, 5.41) is 0. The third-order valence-corrected chi connectivity index (χ3v) is 3.53. The predicted molar refractivity (Wildman–Crippen MR) is 73.7 cm³/mol. The van der Waals surface area contributed by atoms with Gasteiger partial charge in [0.05, 0.1) is 7.14 Å². The lowest BCUT2D eigenvalue weighted by atomic mass is 10.3. The fourth-order valence-electron chi connectivity index (χ4n) is 0.831. The predicted octanol–water partition coefficient (Wildman–Crippen LogP) is 3.93. The van der Waals surface area contributed by atoms with Crippen LogP contribution in [0.4, 0.5) is 17.6 Å². The van der Waals surface area contributed by atoms with Crippen molar-refractivity contribution in [3.63, 3.8) is 0 Å². The molecule has 2 rings (SSSR count). The van der Waals surface area contributed by atoms with E-state index in [-0.39, 0.29) is 0 Å². The Bertz CT molecular complexity index is 405. The highest BCUT2D eigenvalue weighted by Crippen LogP contribution is 2.26. The molecule has 0 aliphatic rings. The van der Waals surface area contributed by atoms with Crippen molar-refractivity contribution in [1.82, 2.24) is 9.97 Å². The monoisotopic (exact) mass is 482 g/mol. The molecule has 0 spiro atoms. The molecule has 1 aromatic carbocycles. The van der Waals surface area contributed by atoms with Gasteiger partial charge in [-0.25, -0.2) is 17.6 Å². The first kappa shape index (κ1) is 15.5. The zero-order valence-electron chi connectivity index (χ0n) is 8.47. The lowest BCUT2D eigenvalue weighted by molar-refractivity contribution is 0.423. The third kappa shape index (κ3) is 3.73. The van der Waals surface area contributed by atoms with Crippen molar-refractivity contribution in [3.8, 4) is 0 Å². The van der Waals surface area contributed by atoms with Gasteiger partial charge >= 0.3 is 0 Å². The molecule has 0 N–H and O–H groups in total. The van der Waals surface area contributed by atoms with E-state index in [9.17, 15) is 17.6 Å². The molecule has 0 amide bonds. The molecule has 18 heavy (non-hydrogen) atoms. The number of aromatic nitrogens is 2. The van der Waals surface area contributed by atoms with E-state index in [1.165, 1.54) is 45.2 Å². The lowest BCUT2D eigenvalue weighted by Crippen LogP contribution is -2.02. The van der Waals surface area contributed by atoms with Crippen molar-refractivity contribution in [2.24, 2.45) is 0 Å². The quantitative estimate of drug-likeness (QED) is 0.247. The van der Waals surface area contributed by atoms with E-state index >= 15 is 0 Å². The molecule has 1 heterocycles. The Morgan fingerprint density at radius 3 is 1.22 bits per heavy atom. The fourth-order valence-corrected chi connectivity index (χ4v) is 2.36. The molecule has 8 heteroatoms. The summed E-state index contributed by atoms with van der Waals surface area (Å²) in [5.74, 6) is -5.66. The van der Waals surface area contributed by atoms with Gasteiger partial charge in [-0.05, 0) is 45.2 Å². The Morgan fingerprint density at radius 1 is 0.611 bits per heavy atom. The second kappa shape index (κ2) is 7.16. The van der Waals surface area contributed by atoms with Crippen LogP contribution in [0.25, 0.3) is 0 Å². The van der Waals surface area contributed by atoms with E-state index in [0.717, 1.165) is 0 Å². The van der Waals surface area contributed by atoms with Gasteiger partial charge in [-0.15, -0.1) is 0 Å². The van der Waals surface area contributed by atoms with E-state index in [4.69, 9.17) is 0 Å². The van der Waals surface area contributed by atoms with Crippen LogP contribution in [-0.4, -0.2) is 9.97 Å². The topological polar surface area (TPSA) is 25.8 Å². The fraction of sp³-hybridized carbons (Fsp3) is 0. The van der Waals surface area contributed by atoms with Crippen LogP contribution in [0, 0.1) is 30.4 Å².